The first-order valence-electron chi connectivity index (χ1n) is 9.35. The van der Waals surface area contributed by atoms with E-state index in [2.05, 4.69) is 29.6 Å². The smallest absolute Gasteiger partial charge is 0.407 e. The molecule has 134 valence electrons. The molecule has 1 saturated carbocycles. The number of carbonyl (C=O) groups is 2. The number of Topliss-reactive ketones (excluding diaryl/α,β-unsaturated/α-hetero) is 1. The molecule has 0 aliphatic heterocycles. The number of ether oxygens (including phenoxy) is 1. The highest BCUT2D eigenvalue weighted by Gasteiger charge is 2.29. The summed E-state index contributed by atoms with van der Waals surface area (Å²) in [5.41, 5.74) is 4.82. The first-order chi connectivity index (χ1) is 12.7. The number of nitrogens with one attached hydrogen (secondary N) is 1. The molecule has 1 N–H and O–H groups in total. The second-order valence-corrected chi connectivity index (χ2v) is 7.12. The van der Waals surface area contributed by atoms with Gasteiger partial charge in [-0.1, -0.05) is 55.0 Å². The average Bonchev–Trinajstić information content (AvgIpc) is 3.00. The number of amides is 1. The molecule has 1 atom stereocenters. The summed E-state index contributed by atoms with van der Waals surface area (Å²) in [4.78, 5) is 24.0. The van der Waals surface area contributed by atoms with Crippen LogP contribution in [0.2, 0.25) is 0 Å². The molecule has 0 aromatic heterocycles. The van der Waals surface area contributed by atoms with Crippen molar-refractivity contribution in [2.24, 2.45) is 5.92 Å². The molecule has 4 heteroatoms. The van der Waals surface area contributed by atoms with E-state index < -0.39 is 6.09 Å². The van der Waals surface area contributed by atoms with Gasteiger partial charge in [-0.3, -0.25) is 4.79 Å². The Morgan fingerprint density at radius 2 is 1.65 bits per heavy atom. The summed E-state index contributed by atoms with van der Waals surface area (Å²) >= 11 is 0. The quantitative estimate of drug-likeness (QED) is 0.896. The summed E-state index contributed by atoms with van der Waals surface area (Å²) in [6.45, 7) is 0.688. The molecule has 2 aliphatic rings. The SMILES string of the molecule is O=C(NCC1CCCCC1=O)OCC1c2ccccc2-c2ccccc21. The van der Waals surface area contributed by atoms with Gasteiger partial charge in [0.1, 0.15) is 12.4 Å². The van der Waals surface area contributed by atoms with Crippen molar-refractivity contribution in [3.8, 4) is 11.1 Å². The molecule has 4 rings (SSSR count). The Kier molecular flexibility index (Phi) is 4.74. The van der Waals surface area contributed by atoms with Crippen LogP contribution in [0, 0.1) is 5.92 Å². The number of hydrogen-bond acceptors (Lipinski definition) is 3. The van der Waals surface area contributed by atoms with Crippen LogP contribution in [0.25, 0.3) is 11.1 Å². The number of carbonyl (C=O) groups excluding carboxylic acids is 2. The number of benzene rings is 2. The summed E-state index contributed by atoms with van der Waals surface area (Å²) in [6.07, 6.45) is 3.09. The third-order valence-electron chi connectivity index (χ3n) is 5.52. The van der Waals surface area contributed by atoms with E-state index in [0.717, 1.165) is 19.3 Å². The normalized spacial score (nSPS) is 18.9. The van der Waals surface area contributed by atoms with Gasteiger partial charge < -0.3 is 10.1 Å². The van der Waals surface area contributed by atoms with Gasteiger partial charge in [0, 0.05) is 24.8 Å². The maximum Gasteiger partial charge on any atom is 0.407 e. The molecule has 0 heterocycles. The van der Waals surface area contributed by atoms with E-state index in [1.54, 1.807) is 0 Å². The third-order valence-corrected chi connectivity index (χ3v) is 5.52. The van der Waals surface area contributed by atoms with Gasteiger partial charge in [-0.25, -0.2) is 4.79 Å². The molecular formula is C22H23NO3. The molecule has 2 aliphatic carbocycles. The van der Waals surface area contributed by atoms with E-state index in [-0.39, 0.29) is 17.6 Å². The lowest BCUT2D eigenvalue weighted by molar-refractivity contribution is -0.124. The lowest BCUT2D eigenvalue weighted by atomic mass is 9.88. The fourth-order valence-corrected chi connectivity index (χ4v) is 4.13. The molecule has 1 amide bonds. The Morgan fingerprint density at radius 3 is 2.31 bits per heavy atom. The lowest BCUT2D eigenvalue weighted by Crippen LogP contribution is -2.35. The molecular weight excluding hydrogens is 326 g/mol. The van der Waals surface area contributed by atoms with Crippen LogP contribution in [-0.2, 0) is 9.53 Å². The van der Waals surface area contributed by atoms with Crippen LogP contribution in [0.15, 0.2) is 48.5 Å². The summed E-state index contributed by atoms with van der Waals surface area (Å²) in [5.74, 6) is 0.267. The molecule has 0 spiro atoms. The fourth-order valence-electron chi connectivity index (χ4n) is 4.13. The third kappa shape index (κ3) is 3.24. The van der Waals surface area contributed by atoms with Gasteiger partial charge in [0.05, 0.1) is 0 Å². The van der Waals surface area contributed by atoms with Gasteiger partial charge in [-0.05, 0) is 35.1 Å². The number of rotatable bonds is 4. The number of hydrogen-bond donors (Lipinski definition) is 1. The summed E-state index contributed by atoms with van der Waals surface area (Å²) in [6, 6.07) is 16.5. The molecule has 0 radical (unpaired) electrons. The van der Waals surface area contributed by atoms with Crippen molar-refractivity contribution in [2.45, 2.75) is 31.6 Å². The Bertz CT molecular complexity index is 784. The van der Waals surface area contributed by atoms with Crippen LogP contribution in [0.1, 0.15) is 42.7 Å². The van der Waals surface area contributed by atoms with Gasteiger partial charge >= 0.3 is 6.09 Å². The van der Waals surface area contributed by atoms with E-state index in [4.69, 9.17) is 4.74 Å². The van der Waals surface area contributed by atoms with Crippen LogP contribution in [0.4, 0.5) is 4.79 Å². The van der Waals surface area contributed by atoms with E-state index in [1.165, 1.54) is 22.3 Å². The van der Waals surface area contributed by atoms with Crippen molar-refractivity contribution in [2.75, 3.05) is 13.2 Å². The highest BCUT2D eigenvalue weighted by Crippen LogP contribution is 2.44. The highest BCUT2D eigenvalue weighted by molar-refractivity contribution is 5.82. The first kappa shape index (κ1) is 16.8. The zero-order valence-electron chi connectivity index (χ0n) is 14.7. The summed E-state index contributed by atoms with van der Waals surface area (Å²) < 4.78 is 5.50. The van der Waals surface area contributed by atoms with Gasteiger partial charge in [0.25, 0.3) is 0 Å². The zero-order valence-corrected chi connectivity index (χ0v) is 14.7. The van der Waals surface area contributed by atoms with E-state index in [0.29, 0.717) is 19.6 Å². The van der Waals surface area contributed by atoms with Gasteiger partial charge in [-0.2, -0.15) is 0 Å². The van der Waals surface area contributed by atoms with Crippen molar-refractivity contribution in [1.82, 2.24) is 5.32 Å². The Morgan fingerprint density at radius 1 is 1.00 bits per heavy atom. The standard InChI is InChI=1S/C22H23NO3/c24-21-12-6-1-7-15(21)13-23-22(25)26-14-20-18-10-4-2-8-16(18)17-9-3-5-11-19(17)20/h2-5,8-11,15,20H,1,6-7,12-14H2,(H,23,25). The molecule has 2 aromatic carbocycles. The minimum absolute atomic E-state index is 0.0516. The van der Waals surface area contributed by atoms with E-state index in [1.807, 2.05) is 24.3 Å². The minimum atomic E-state index is -0.440. The first-order valence-corrected chi connectivity index (χ1v) is 9.35. The molecule has 1 fully saturated rings. The van der Waals surface area contributed by atoms with Crippen molar-refractivity contribution in [1.29, 1.82) is 0 Å². The highest BCUT2D eigenvalue weighted by atomic mass is 16.5. The van der Waals surface area contributed by atoms with E-state index >= 15 is 0 Å². The monoisotopic (exact) mass is 349 g/mol. The Labute approximate surface area is 153 Å². The van der Waals surface area contributed by atoms with Crippen LogP contribution in [0.5, 0.6) is 0 Å². The average molecular weight is 349 g/mol. The van der Waals surface area contributed by atoms with Crippen molar-refractivity contribution >= 4 is 11.9 Å². The van der Waals surface area contributed by atoms with Gasteiger partial charge in [0.15, 0.2) is 0 Å². The summed E-state index contributed by atoms with van der Waals surface area (Å²) in [7, 11) is 0. The maximum atomic E-state index is 12.1. The van der Waals surface area contributed by atoms with Crippen LogP contribution >= 0.6 is 0 Å². The van der Waals surface area contributed by atoms with Crippen LogP contribution in [0.3, 0.4) is 0 Å². The number of fused-ring (bicyclic) bond motifs is 3. The largest absolute Gasteiger partial charge is 0.449 e. The Balaban J connectivity index is 1.38. The fraction of sp³-hybridized carbons (Fsp3) is 0.364. The molecule has 1 unspecified atom stereocenters. The second-order valence-electron chi connectivity index (χ2n) is 7.12. The van der Waals surface area contributed by atoms with Crippen LogP contribution in [-0.4, -0.2) is 25.0 Å². The van der Waals surface area contributed by atoms with Crippen molar-refractivity contribution in [3.63, 3.8) is 0 Å². The number of ketones is 1. The predicted molar refractivity (Wildman–Crippen MR) is 100 cm³/mol. The van der Waals surface area contributed by atoms with Gasteiger partial charge in [0.2, 0.25) is 0 Å². The van der Waals surface area contributed by atoms with Gasteiger partial charge in [-0.15, -0.1) is 0 Å². The topological polar surface area (TPSA) is 55.4 Å². The molecule has 0 saturated heterocycles. The lowest BCUT2D eigenvalue weighted by Gasteiger charge is -2.21. The van der Waals surface area contributed by atoms with E-state index in [9.17, 15) is 9.59 Å². The number of alkyl carbamates (subject to hydrolysis) is 1. The Hall–Kier alpha value is -2.62. The predicted octanol–water partition coefficient (Wildman–Crippen LogP) is 4.28. The van der Waals surface area contributed by atoms with Crippen LogP contribution < -0.4 is 5.32 Å². The van der Waals surface area contributed by atoms with Crippen molar-refractivity contribution in [3.05, 3.63) is 59.7 Å². The molecule has 0 bridgehead atoms. The van der Waals surface area contributed by atoms with Crippen molar-refractivity contribution < 1.29 is 14.3 Å². The minimum Gasteiger partial charge on any atom is -0.449 e. The molecule has 4 nitrogen and oxygen atoms in total. The summed E-state index contributed by atoms with van der Waals surface area (Å²) in [5, 5.41) is 2.77. The molecule has 26 heavy (non-hydrogen) atoms. The molecule has 2 aromatic rings. The zero-order chi connectivity index (χ0) is 17.9. The maximum absolute atomic E-state index is 12.1. The second kappa shape index (κ2) is 7.32.